The molecule has 1 aromatic heterocycles. The number of anilines is 2. The molecule has 0 spiro atoms. The number of hydrogen-bond donors (Lipinski definition) is 0. The lowest BCUT2D eigenvalue weighted by Crippen LogP contribution is -2.49. The Morgan fingerprint density at radius 1 is 0.913 bits per heavy atom. The molecule has 1 aromatic rings. The summed E-state index contributed by atoms with van der Waals surface area (Å²) in [5.74, 6) is 2.05. The fraction of sp³-hybridized carbons (Fsp3) is 0.733. The third-order valence-electron chi connectivity index (χ3n) is 4.64. The molecule has 0 bridgehead atoms. The van der Waals surface area contributed by atoms with E-state index in [0.29, 0.717) is 26.2 Å². The molecular formula is C15H25N5O2S. The minimum absolute atomic E-state index is 0.166. The van der Waals surface area contributed by atoms with Gasteiger partial charge < -0.3 is 9.80 Å². The van der Waals surface area contributed by atoms with E-state index >= 15 is 0 Å². The van der Waals surface area contributed by atoms with Crippen LogP contribution in [0.3, 0.4) is 0 Å². The fourth-order valence-electron chi connectivity index (χ4n) is 3.18. The standard InChI is InChI=1S/C15H25N5O2S/c1-2-23(21,22)20-10-8-19(9-11-20)15-12-14(16-13-17-15)18-6-4-3-5-7-18/h12-13H,2-11H2,1H3. The van der Waals surface area contributed by atoms with Crippen LogP contribution in [-0.4, -0.2) is 67.7 Å². The zero-order valence-corrected chi connectivity index (χ0v) is 14.5. The summed E-state index contributed by atoms with van der Waals surface area (Å²) in [6.07, 6.45) is 5.34. The Morgan fingerprint density at radius 3 is 2.04 bits per heavy atom. The molecule has 0 aliphatic carbocycles. The lowest BCUT2D eigenvalue weighted by Gasteiger charge is -2.35. The van der Waals surface area contributed by atoms with Crippen LogP contribution >= 0.6 is 0 Å². The van der Waals surface area contributed by atoms with Gasteiger partial charge in [-0.15, -0.1) is 0 Å². The van der Waals surface area contributed by atoms with E-state index in [-0.39, 0.29) is 5.75 Å². The van der Waals surface area contributed by atoms with E-state index in [4.69, 9.17) is 0 Å². The van der Waals surface area contributed by atoms with Gasteiger partial charge in [0.1, 0.15) is 18.0 Å². The molecule has 0 unspecified atom stereocenters. The molecular weight excluding hydrogens is 314 g/mol. The van der Waals surface area contributed by atoms with Crippen LogP contribution in [0.15, 0.2) is 12.4 Å². The first-order chi connectivity index (χ1) is 11.1. The highest BCUT2D eigenvalue weighted by atomic mass is 32.2. The normalized spacial score (nSPS) is 20.7. The van der Waals surface area contributed by atoms with Crippen molar-refractivity contribution in [1.29, 1.82) is 0 Å². The van der Waals surface area contributed by atoms with Gasteiger partial charge in [0.05, 0.1) is 5.75 Å². The number of nitrogens with zero attached hydrogens (tertiary/aromatic N) is 5. The summed E-state index contributed by atoms with van der Waals surface area (Å²) >= 11 is 0. The molecule has 0 saturated carbocycles. The molecule has 0 aromatic carbocycles. The van der Waals surface area contributed by atoms with Crippen molar-refractivity contribution in [1.82, 2.24) is 14.3 Å². The van der Waals surface area contributed by atoms with Crippen LogP contribution in [0, 0.1) is 0 Å². The molecule has 23 heavy (non-hydrogen) atoms. The molecule has 0 atom stereocenters. The third-order valence-corrected chi connectivity index (χ3v) is 6.52. The average molecular weight is 339 g/mol. The summed E-state index contributed by atoms with van der Waals surface area (Å²) in [5, 5.41) is 0. The van der Waals surface area contributed by atoms with Gasteiger partial charge >= 0.3 is 0 Å². The SMILES string of the molecule is CCS(=O)(=O)N1CCN(c2cc(N3CCCCC3)ncn2)CC1. The molecule has 2 aliphatic rings. The Labute approximate surface area is 138 Å². The molecule has 0 N–H and O–H groups in total. The van der Waals surface area contributed by atoms with Crippen molar-refractivity contribution in [3.63, 3.8) is 0 Å². The molecule has 3 heterocycles. The fourth-order valence-corrected chi connectivity index (χ4v) is 4.27. The van der Waals surface area contributed by atoms with Gasteiger partial charge in [0.25, 0.3) is 0 Å². The highest BCUT2D eigenvalue weighted by molar-refractivity contribution is 7.89. The first-order valence-corrected chi connectivity index (χ1v) is 10.0. The van der Waals surface area contributed by atoms with Gasteiger partial charge in [-0.2, -0.15) is 4.31 Å². The number of piperidine rings is 1. The zero-order chi connectivity index (χ0) is 16.3. The van der Waals surface area contributed by atoms with Gasteiger partial charge in [0.15, 0.2) is 0 Å². The maximum atomic E-state index is 11.9. The Morgan fingerprint density at radius 2 is 1.48 bits per heavy atom. The molecule has 0 radical (unpaired) electrons. The summed E-state index contributed by atoms with van der Waals surface area (Å²) in [4.78, 5) is 13.3. The van der Waals surface area contributed by atoms with Crippen molar-refractivity contribution in [2.75, 3.05) is 54.8 Å². The number of rotatable bonds is 4. The van der Waals surface area contributed by atoms with Crippen molar-refractivity contribution in [3.05, 3.63) is 12.4 Å². The zero-order valence-electron chi connectivity index (χ0n) is 13.7. The smallest absolute Gasteiger partial charge is 0.213 e. The van der Waals surface area contributed by atoms with E-state index < -0.39 is 10.0 Å². The second-order valence-electron chi connectivity index (χ2n) is 6.07. The van der Waals surface area contributed by atoms with Gasteiger partial charge in [-0.25, -0.2) is 18.4 Å². The molecule has 2 fully saturated rings. The summed E-state index contributed by atoms with van der Waals surface area (Å²) in [6.45, 7) is 6.21. The van der Waals surface area contributed by atoms with E-state index in [1.165, 1.54) is 19.3 Å². The van der Waals surface area contributed by atoms with E-state index in [1.54, 1.807) is 17.6 Å². The number of sulfonamides is 1. The molecule has 2 saturated heterocycles. The van der Waals surface area contributed by atoms with E-state index in [1.807, 2.05) is 6.07 Å². The minimum Gasteiger partial charge on any atom is -0.356 e. The van der Waals surface area contributed by atoms with Crippen LogP contribution < -0.4 is 9.80 Å². The van der Waals surface area contributed by atoms with Crippen molar-refractivity contribution < 1.29 is 8.42 Å². The highest BCUT2D eigenvalue weighted by Gasteiger charge is 2.26. The number of hydrogen-bond acceptors (Lipinski definition) is 6. The molecule has 3 rings (SSSR count). The van der Waals surface area contributed by atoms with Crippen LogP contribution in [-0.2, 0) is 10.0 Å². The van der Waals surface area contributed by atoms with Crippen LogP contribution in [0.1, 0.15) is 26.2 Å². The third kappa shape index (κ3) is 3.74. The Bertz CT molecular complexity index is 623. The summed E-state index contributed by atoms with van der Waals surface area (Å²) in [5.41, 5.74) is 0. The van der Waals surface area contributed by atoms with E-state index in [0.717, 1.165) is 24.7 Å². The predicted octanol–water partition coefficient (Wildman–Crippen LogP) is 0.939. The van der Waals surface area contributed by atoms with Crippen molar-refractivity contribution in [2.24, 2.45) is 0 Å². The maximum absolute atomic E-state index is 11.9. The first kappa shape index (κ1) is 16.4. The summed E-state index contributed by atoms with van der Waals surface area (Å²) in [7, 11) is -3.09. The summed E-state index contributed by atoms with van der Waals surface area (Å²) in [6, 6.07) is 2.04. The Kier molecular flexibility index (Phi) is 5.01. The van der Waals surface area contributed by atoms with Gasteiger partial charge in [-0.1, -0.05) is 0 Å². The Hall–Kier alpha value is -1.41. The van der Waals surface area contributed by atoms with Gasteiger partial charge in [-0.3, -0.25) is 0 Å². The number of piperazine rings is 1. The largest absolute Gasteiger partial charge is 0.356 e. The number of aromatic nitrogens is 2. The first-order valence-electron chi connectivity index (χ1n) is 8.40. The monoisotopic (exact) mass is 339 g/mol. The lowest BCUT2D eigenvalue weighted by atomic mass is 10.1. The Balaban J connectivity index is 1.66. The molecule has 7 nitrogen and oxygen atoms in total. The van der Waals surface area contributed by atoms with Gasteiger partial charge in [0, 0.05) is 45.3 Å². The van der Waals surface area contributed by atoms with Crippen molar-refractivity contribution >= 4 is 21.7 Å². The van der Waals surface area contributed by atoms with Crippen molar-refractivity contribution in [3.8, 4) is 0 Å². The van der Waals surface area contributed by atoms with Crippen LogP contribution in [0.5, 0.6) is 0 Å². The average Bonchev–Trinajstić information content (AvgIpc) is 2.63. The molecule has 128 valence electrons. The highest BCUT2D eigenvalue weighted by Crippen LogP contribution is 2.22. The second kappa shape index (κ2) is 7.00. The topological polar surface area (TPSA) is 69.6 Å². The van der Waals surface area contributed by atoms with Crippen molar-refractivity contribution in [2.45, 2.75) is 26.2 Å². The van der Waals surface area contributed by atoms with Gasteiger partial charge in [0.2, 0.25) is 10.0 Å². The molecule has 0 amide bonds. The van der Waals surface area contributed by atoms with Crippen LogP contribution in [0.4, 0.5) is 11.6 Å². The predicted molar refractivity (Wildman–Crippen MR) is 91.3 cm³/mol. The van der Waals surface area contributed by atoms with E-state index in [2.05, 4.69) is 19.8 Å². The molecule has 8 heteroatoms. The summed E-state index contributed by atoms with van der Waals surface area (Å²) < 4.78 is 25.4. The lowest BCUT2D eigenvalue weighted by molar-refractivity contribution is 0.384. The quantitative estimate of drug-likeness (QED) is 0.813. The van der Waals surface area contributed by atoms with E-state index in [9.17, 15) is 8.42 Å². The van der Waals surface area contributed by atoms with Crippen LogP contribution in [0.25, 0.3) is 0 Å². The minimum atomic E-state index is -3.09. The second-order valence-corrected chi connectivity index (χ2v) is 8.33. The maximum Gasteiger partial charge on any atom is 0.213 e. The van der Waals surface area contributed by atoms with Gasteiger partial charge in [-0.05, 0) is 26.2 Å². The van der Waals surface area contributed by atoms with Crippen LogP contribution in [0.2, 0.25) is 0 Å². The molecule has 2 aliphatic heterocycles.